The third kappa shape index (κ3) is 7.18. The van der Waals surface area contributed by atoms with E-state index in [4.69, 9.17) is 14.7 Å². The van der Waals surface area contributed by atoms with Gasteiger partial charge in [0, 0.05) is 67.8 Å². The Morgan fingerprint density at radius 2 is 1.71 bits per heavy atom. The van der Waals surface area contributed by atoms with Crippen LogP contribution in [0.4, 0.5) is 11.6 Å². The van der Waals surface area contributed by atoms with Gasteiger partial charge in [-0.25, -0.2) is 4.98 Å². The number of aromatic nitrogens is 3. The first-order valence-electron chi connectivity index (χ1n) is 17.7. The summed E-state index contributed by atoms with van der Waals surface area (Å²) < 4.78 is 7.41. The summed E-state index contributed by atoms with van der Waals surface area (Å²) in [5.41, 5.74) is 6.89. The molecule has 3 saturated heterocycles. The van der Waals surface area contributed by atoms with Crippen LogP contribution < -0.4 is 10.9 Å². The van der Waals surface area contributed by atoms with Crippen LogP contribution in [-0.2, 0) is 11.3 Å². The Morgan fingerprint density at radius 1 is 0.938 bits per heavy atom. The molecule has 2 atom stereocenters. The van der Waals surface area contributed by atoms with Crippen molar-refractivity contribution in [3.8, 4) is 11.1 Å². The highest BCUT2D eigenvalue weighted by Gasteiger charge is 2.24. The number of fused-ring (bicyclic) bond motifs is 1. The number of ether oxygens (including phenoxy) is 1. The number of hydrogen-bond donors (Lipinski definition) is 1. The van der Waals surface area contributed by atoms with Gasteiger partial charge in [0.15, 0.2) is 0 Å². The third-order valence-electron chi connectivity index (χ3n) is 10.4. The van der Waals surface area contributed by atoms with Gasteiger partial charge in [-0.3, -0.25) is 14.3 Å². The lowest BCUT2D eigenvalue weighted by Crippen LogP contribution is -2.39. The second kappa shape index (κ2) is 14.6. The number of piperidine rings is 2. The number of likely N-dealkylation sites (N-methyl/N-ethyl adjacent to an activating group) is 1. The largest absolute Gasteiger partial charge is 0.379 e. The van der Waals surface area contributed by atoms with Crippen LogP contribution in [0.5, 0.6) is 0 Å². The van der Waals surface area contributed by atoms with E-state index in [-0.39, 0.29) is 5.56 Å². The lowest BCUT2D eigenvalue weighted by Gasteiger charge is -2.38. The zero-order valence-corrected chi connectivity index (χ0v) is 28.5. The minimum atomic E-state index is -0.0313. The molecule has 3 aliphatic heterocycles. The summed E-state index contributed by atoms with van der Waals surface area (Å²) in [5, 5.41) is 4.24. The highest BCUT2D eigenvalue weighted by Crippen LogP contribution is 2.34. The van der Waals surface area contributed by atoms with Crippen LogP contribution in [0.15, 0.2) is 77.9 Å². The number of nitrogens with one attached hydrogen (secondary N) is 1. The summed E-state index contributed by atoms with van der Waals surface area (Å²) in [6, 6.07) is 19.5. The van der Waals surface area contributed by atoms with Gasteiger partial charge in [0.1, 0.15) is 5.65 Å². The number of benzene rings is 2. The maximum absolute atomic E-state index is 14.3. The topological polar surface area (TPSA) is 78.8 Å². The molecule has 2 aromatic carbocycles. The van der Waals surface area contributed by atoms with Crippen molar-refractivity contribution in [1.29, 1.82) is 0 Å². The molecule has 2 unspecified atom stereocenters. The fourth-order valence-corrected chi connectivity index (χ4v) is 7.73. The minimum absolute atomic E-state index is 0.0313. The minimum Gasteiger partial charge on any atom is -0.379 e. The Bertz CT molecular complexity index is 1780. The first-order chi connectivity index (χ1) is 23.4. The standard InChI is InChI=1S/C39H49N7O2/c1-28(2)45-18-5-4-8-36(45)31-11-9-30(10-12-31)35-25-33-26-40-39(41-34-15-13-29(14-16-34)32-7-6-17-43(3)27-32)42-37(33)46(38(35)47)20-19-44-21-23-48-24-22-44/h9-16,25-26,32,36H,1,4-8,17-24,27H2,2-3H3,(H,40,41,42). The van der Waals surface area contributed by atoms with Gasteiger partial charge in [-0.1, -0.05) is 43.0 Å². The molecule has 0 bridgehead atoms. The normalized spacial score (nSPS) is 21.0. The molecule has 0 spiro atoms. The molecule has 0 saturated carbocycles. The van der Waals surface area contributed by atoms with Crippen LogP contribution in [0.1, 0.15) is 62.1 Å². The van der Waals surface area contributed by atoms with Crippen LogP contribution in [0, 0.1) is 0 Å². The molecule has 7 rings (SSSR count). The highest BCUT2D eigenvalue weighted by molar-refractivity contribution is 5.82. The number of hydrogen-bond acceptors (Lipinski definition) is 8. The lowest BCUT2D eigenvalue weighted by molar-refractivity contribution is 0.0364. The molecule has 3 aliphatic rings. The smallest absolute Gasteiger partial charge is 0.260 e. The summed E-state index contributed by atoms with van der Waals surface area (Å²) in [6.45, 7) is 14.1. The van der Waals surface area contributed by atoms with Gasteiger partial charge in [0.2, 0.25) is 5.95 Å². The average molecular weight is 648 g/mol. The quantitative estimate of drug-likeness (QED) is 0.224. The van der Waals surface area contributed by atoms with E-state index in [2.05, 4.69) is 89.1 Å². The van der Waals surface area contributed by atoms with Crippen LogP contribution in [-0.4, -0.2) is 88.8 Å². The van der Waals surface area contributed by atoms with E-state index in [1.165, 1.54) is 43.4 Å². The Kier molecular flexibility index (Phi) is 9.88. The number of rotatable bonds is 9. The Labute approximate surface area is 284 Å². The van der Waals surface area contributed by atoms with Crippen LogP contribution in [0.25, 0.3) is 22.2 Å². The number of allylic oxidation sites excluding steroid dienone is 1. The van der Waals surface area contributed by atoms with Crippen molar-refractivity contribution in [3.05, 3.63) is 94.6 Å². The van der Waals surface area contributed by atoms with Crippen molar-refractivity contribution < 1.29 is 4.74 Å². The molecule has 0 radical (unpaired) electrons. The van der Waals surface area contributed by atoms with E-state index >= 15 is 0 Å². The first-order valence-corrected chi connectivity index (χ1v) is 17.7. The van der Waals surface area contributed by atoms with Gasteiger partial charge in [0.05, 0.1) is 19.3 Å². The highest BCUT2D eigenvalue weighted by atomic mass is 16.5. The molecule has 9 nitrogen and oxygen atoms in total. The SMILES string of the molecule is C=C(C)N1CCCCC1c1ccc(-c2cc3cnc(Nc4ccc(C5CCCN(C)C5)cc4)nc3n(CCN3CCOCC3)c2=O)cc1. The van der Waals surface area contributed by atoms with Crippen LogP contribution in [0.3, 0.4) is 0 Å². The molecule has 2 aromatic heterocycles. The average Bonchev–Trinajstić information content (AvgIpc) is 3.12. The zero-order valence-electron chi connectivity index (χ0n) is 28.5. The monoisotopic (exact) mass is 647 g/mol. The molecule has 0 amide bonds. The fraction of sp³-hybridized carbons (Fsp3) is 0.462. The third-order valence-corrected chi connectivity index (χ3v) is 10.4. The summed E-state index contributed by atoms with van der Waals surface area (Å²) >= 11 is 0. The number of pyridine rings is 1. The second-order valence-corrected chi connectivity index (χ2v) is 13.9. The molecular formula is C39H49N7O2. The molecule has 252 valence electrons. The van der Waals surface area contributed by atoms with E-state index in [0.717, 1.165) is 74.7 Å². The van der Waals surface area contributed by atoms with Gasteiger partial charge < -0.3 is 19.9 Å². The zero-order chi connectivity index (χ0) is 33.0. The van der Waals surface area contributed by atoms with Gasteiger partial charge >= 0.3 is 0 Å². The molecule has 3 fully saturated rings. The van der Waals surface area contributed by atoms with Crippen molar-refractivity contribution in [2.75, 3.05) is 64.8 Å². The number of anilines is 2. The molecule has 0 aliphatic carbocycles. The molecule has 48 heavy (non-hydrogen) atoms. The lowest BCUT2D eigenvalue weighted by atomic mass is 9.91. The van der Waals surface area contributed by atoms with E-state index in [1.54, 1.807) is 0 Å². The maximum atomic E-state index is 14.3. The molecule has 1 N–H and O–H groups in total. The summed E-state index contributed by atoms with van der Waals surface area (Å²) in [5.74, 6) is 1.05. The summed E-state index contributed by atoms with van der Waals surface area (Å²) in [7, 11) is 2.20. The predicted molar refractivity (Wildman–Crippen MR) is 194 cm³/mol. The fourth-order valence-electron chi connectivity index (χ4n) is 7.73. The van der Waals surface area contributed by atoms with Gasteiger partial charge in [0.25, 0.3) is 5.56 Å². The van der Waals surface area contributed by atoms with E-state index in [9.17, 15) is 4.79 Å². The van der Waals surface area contributed by atoms with E-state index in [0.29, 0.717) is 35.7 Å². The number of morpholine rings is 1. The van der Waals surface area contributed by atoms with Crippen molar-refractivity contribution in [2.24, 2.45) is 0 Å². The number of nitrogens with zero attached hydrogens (tertiary/aromatic N) is 6. The Morgan fingerprint density at radius 3 is 2.46 bits per heavy atom. The predicted octanol–water partition coefficient (Wildman–Crippen LogP) is 6.40. The molecular weight excluding hydrogens is 598 g/mol. The number of likely N-dealkylation sites (tertiary alicyclic amines) is 2. The Balaban J connectivity index is 1.18. The van der Waals surface area contributed by atoms with Gasteiger partial charge in [-0.05, 0) is 93.4 Å². The van der Waals surface area contributed by atoms with Gasteiger partial charge in [-0.15, -0.1) is 0 Å². The Hall–Kier alpha value is -4.05. The van der Waals surface area contributed by atoms with Crippen molar-refractivity contribution in [2.45, 2.75) is 57.5 Å². The van der Waals surface area contributed by atoms with Crippen LogP contribution in [0.2, 0.25) is 0 Å². The second-order valence-electron chi connectivity index (χ2n) is 13.9. The molecule has 9 heteroatoms. The van der Waals surface area contributed by atoms with Crippen LogP contribution >= 0.6 is 0 Å². The summed E-state index contributed by atoms with van der Waals surface area (Å²) in [4.78, 5) is 31.1. The summed E-state index contributed by atoms with van der Waals surface area (Å²) in [6.07, 6.45) is 7.84. The van der Waals surface area contributed by atoms with Crippen molar-refractivity contribution in [1.82, 2.24) is 29.2 Å². The van der Waals surface area contributed by atoms with E-state index < -0.39 is 0 Å². The van der Waals surface area contributed by atoms with Crippen molar-refractivity contribution in [3.63, 3.8) is 0 Å². The van der Waals surface area contributed by atoms with Gasteiger partial charge in [-0.2, -0.15) is 4.98 Å². The first kappa shape index (κ1) is 32.5. The maximum Gasteiger partial charge on any atom is 0.260 e. The van der Waals surface area contributed by atoms with E-state index in [1.807, 2.05) is 16.8 Å². The molecule has 4 aromatic rings. The molecule has 5 heterocycles. The van der Waals surface area contributed by atoms with Crippen molar-refractivity contribution >= 4 is 22.7 Å².